The molecule has 0 spiro atoms. The SMILES string of the molecule is COc1ccc(-c2nnc([C@@H](C)OC(=O)c3ccc(C)c(F)c3)o2)cc1. The maximum Gasteiger partial charge on any atom is 0.339 e. The largest absolute Gasteiger partial charge is 0.497 e. The van der Waals surface area contributed by atoms with E-state index in [1.54, 1.807) is 45.2 Å². The van der Waals surface area contributed by atoms with Crippen LogP contribution in [0.4, 0.5) is 4.39 Å². The number of rotatable bonds is 5. The molecule has 0 aliphatic heterocycles. The highest BCUT2D eigenvalue weighted by molar-refractivity contribution is 5.89. The maximum absolute atomic E-state index is 13.6. The Bertz CT molecular complexity index is 922. The second kappa shape index (κ2) is 7.35. The highest BCUT2D eigenvalue weighted by Crippen LogP contribution is 2.25. The van der Waals surface area contributed by atoms with Gasteiger partial charge in [0.15, 0.2) is 6.10 Å². The van der Waals surface area contributed by atoms with Crippen molar-refractivity contribution in [2.24, 2.45) is 0 Å². The summed E-state index contributed by atoms with van der Waals surface area (Å²) >= 11 is 0. The molecule has 6 nitrogen and oxygen atoms in total. The molecule has 7 heteroatoms. The zero-order valence-electron chi connectivity index (χ0n) is 14.5. The Kier molecular flexibility index (Phi) is 4.97. The van der Waals surface area contributed by atoms with E-state index < -0.39 is 17.9 Å². The first-order valence-corrected chi connectivity index (χ1v) is 7.93. The Morgan fingerprint density at radius 1 is 1.15 bits per heavy atom. The van der Waals surface area contributed by atoms with Crippen LogP contribution in [-0.2, 0) is 4.74 Å². The van der Waals surface area contributed by atoms with Crippen LogP contribution in [0.5, 0.6) is 5.75 Å². The van der Waals surface area contributed by atoms with Crippen LogP contribution in [0, 0.1) is 12.7 Å². The van der Waals surface area contributed by atoms with Crippen molar-refractivity contribution in [3.63, 3.8) is 0 Å². The summed E-state index contributed by atoms with van der Waals surface area (Å²) in [6, 6.07) is 11.3. The summed E-state index contributed by atoms with van der Waals surface area (Å²) in [7, 11) is 1.58. The van der Waals surface area contributed by atoms with Crippen molar-refractivity contribution in [1.82, 2.24) is 10.2 Å². The van der Waals surface area contributed by atoms with E-state index in [4.69, 9.17) is 13.9 Å². The minimum absolute atomic E-state index is 0.120. The second-order valence-corrected chi connectivity index (χ2v) is 5.69. The lowest BCUT2D eigenvalue weighted by atomic mass is 10.1. The van der Waals surface area contributed by atoms with Crippen LogP contribution in [0.1, 0.15) is 34.8 Å². The smallest absolute Gasteiger partial charge is 0.339 e. The van der Waals surface area contributed by atoms with Crippen molar-refractivity contribution >= 4 is 5.97 Å². The van der Waals surface area contributed by atoms with E-state index in [9.17, 15) is 9.18 Å². The number of esters is 1. The van der Waals surface area contributed by atoms with Gasteiger partial charge in [-0.2, -0.15) is 0 Å². The van der Waals surface area contributed by atoms with Gasteiger partial charge in [0.25, 0.3) is 5.89 Å². The molecule has 26 heavy (non-hydrogen) atoms. The second-order valence-electron chi connectivity index (χ2n) is 5.69. The van der Waals surface area contributed by atoms with Crippen molar-refractivity contribution in [3.8, 4) is 17.2 Å². The van der Waals surface area contributed by atoms with Crippen molar-refractivity contribution in [3.05, 3.63) is 65.3 Å². The number of carbonyl (C=O) groups excluding carboxylic acids is 1. The molecule has 0 aliphatic carbocycles. The van der Waals surface area contributed by atoms with E-state index in [2.05, 4.69) is 10.2 Å². The van der Waals surface area contributed by atoms with Gasteiger partial charge in [-0.25, -0.2) is 9.18 Å². The summed E-state index contributed by atoms with van der Waals surface area (Å²) in [5, 5.41) is 7.87. The number of aryl methyl sites for hydroxylation is 1. The van der Waals surface area contributed by atoms with Crippen LogP contribution in [0.25, 0.3) is 11.5 Å². The van der Waals surface area contributed by atoms with E-state index in [0.29, 0.717) is 22.8 Å². The van der Waals surface area contributed by atoms with Gasteiger partial charge in [0.05, 0.1) is 12.7 Å². The summed E-state index contributed by atoms with van der Waals surface area (Å²) in [6.07, 6.45) is -0.772. The summed E-state index contributed by atoms with van der Waals surface area (Å²) < 4.78 is 29.5. The molecule has 1 heterocycles. The number of carbonyl (C=O) groups is 1. The molecule has 0 saturated carbocycles. The minimum Gasteiger partial charge on any atom is -0.497 e. The van der Waals surface area contributed by atoms with Crippen molar-refractivity contribution in [2.75, 3.05) is 7.11 Å². The summed E-state index contributed by atoms with van der Waals surface area (Å²) in [5.41, 5.74) is 1.29. The Hall–Kier alpha value is -3.22. The fourth-order valence-electron chi connectivity index (χ4n) is 2.25. The Morgan fingerprint density at radius 2 is 1.88 bits per heavy atom. The molecule has 1 atom stereocenters. The average Bonchev–Trinajstić information content (AvgIpc) is 3.14. The van der Waals surface area contributed by atoms with Gasteiger partial charge < -0.3 is 13.9 Å². The van der Waals surface area contributed by atoms with Gasteiger partial charge in [0, 0.05) is 5.56 Å². The van der Waals surface area contributed by atoms with E-state index in [1.165, 1.54) is 12.1 Å². The number of hydrogen-bond acceptors (Lipinski definition) is 6. The van der Waals surface area contributed by atoms with E-state index in [-0.39, 0.29) is 11.5 Å². The summed E-state index contributed by atoms with van der Waals surface area (Å²) in [6.45, 7) is 3.22. The monoisotopic (exact) mass is 356 g/mol. The number of halogens is 1. The standard InChI is InChI=1S/C19H17FN2O4/c1-11-4-5-14(10-16(11)20)19(23)25-12(2)17-21-22-18(26-17)13-6-8-15(24-3)9-7-13/h4-10,12H,1-3H3/t12-/m1/s1. The Morgan fingerprint density at radius 3 is 2.54 bits per heavy atom. The zero-order valence-corrected chi connectivity index (χ0v) is 14.5. The molecule has 1 aromatic heterocycles. The molecular formula is C19H17FN2O4. The van der Waals surface area contributed by atoms with E-state index in [1.807, 2.05) is 0 Å². The fraction of sp³-hybridized carbons (Fsp3) is 0.211. The van der Waals surface area contributed by atoms with Crippen molar-refractivity contribution < 1.29 is 23.1 Å². The molecule has 3 aromatic rings. The van der Waals surface area contributed by atoms with Crippen LogP contribution < -0.4 is 4.74 Å². The molecule has 0 unspecified atom stereocenters. The van der Waals surface area contributed by atoms with Crippen LogP contribution >= 0.6 is 0 Å². The highest BCUT2D eigenvalue weighted by Gasteiger charge is 2.20. The predicted molar refractivity (Wildman–Crippen MR) is 91.3 cm³/mol. The van der Waals surface area contributed by atoms with Crippen LogP contribution in [0.15, 0.2) is 46.9 Å². The quantitative estimate of drug-likeness (QED) is 0.641. The number of aromatic nitrogens is 2. The lowest BCUT2D eigenvalue weighted by Crippen LogP contribution is -2.10. The summed E-state index contributed by atoms with van der Waals surface area (Å²) in [4.78, 5) is 12.1. The molecule has 0 amide bonds. The van der Waals surface area contributed by atoms with Crippen LogP contribution in [0.3, 0.4) is 0 Å². The van der Waals surface area contributed by atoms with Crippen molar-refractivity contribution in [1.29, 1.82) is 0 Å². The number of nitrogens with zero attached hydrogens (tertiary/aromatic N) is 2. The third-order valence-electron chi connectivity index (χ3n) is 3.82. The molecule has 134 valence electrons. The molecule has 0 fully saturated rings. The fourth-order valence-corrected chi connectivity index (χ4v) is 2.25. The number of ether oxygens (including phenoxy) is 2. The number of hydrogen-bond donors (Lipinski definition) is 0. The number of methoxy groups -OCH3 is 1. The third kappa shape index (κ3) is 3.72. The molecule has 0 radical (unpaired) electrons. The van der Waals surface area contributed by atoms with Gasteiger partial charge in [-0.3, -0.25) is 0 Å². The van der Waals surface area contributed by atoms with E-state index >= 15 is 0 Å². The molecule has 0 bridgehead atoms. The van der Waals surface area contributed by atoms with Crippen molar-refractivity contribution in [2.45, 2.75) is 20.0 Å². The normalized spacial score (nSPS) is 11.8. The van der Waals surface area contributed by atoms with Crippen LogP contribution in [0.2, 0.25) is 0 Å². The lowest BCUT2D eigenvalue weighted by Gasteiger charge is -2.09. The van der Waals surface area contributed by atoms with Gasteiger partial charge in [-0.1, -0.05) is 6.07 Å². The van der Waals surface area contributed by atoms with Gasteiger partial charge in [-0.05, 0) is 55.8 Å². The zero-order chi connectivity index (χ0) is 18.7. The number of benzene rings is 2. The minimum atomic E-state index is -0.772. The van der Waals surface area contributed by atoms with E-state index in [0.717, 1.165) is 6.07 Å². The first-order chi connectivity index (χ1) is 12.5. The molecular weight excluding hydrogens is 339 g/mol. The average molecular weight is 356 g/mol. The summed E-state index contributed by atoms with van der Waals surface area (Å²) in [5.74, 6) is 0.0251. The molecule has 2 aromatic carbocycles. The highest BCUT2D eigenvalue weighted by atomic mass is 19.1. The maximum atomic E-state index is 13.6. The van der Waals surface area contributed by atoms with Gasteiger partial charge >= 0.3 is 5.97 Å². The van der Waals surface area contributed by atoms with Gasteiger partial charge in [0.2, 0.25) is 5.89 Å². The topological polar surface area (TPSA) is 74.5 Å². The first-order valence-electron chi connectivity index (χ1n) is 7.93. The Labute approximate surface area is 149 Å². The third-order valence-corrected chi connectivity index (χ3v) is 3.82. The molecule has 0 aliphatic rings. The van der Waals surface area contributed by atoms with Gasteiger partial charge in [-0.15, -0.1) is 10.2 Å². The molecule has 3 rings (SSSR count). The lowest BCUT2D eigenvalue weighted by molar-refractivity contribution is 0.0279. The predicted octanol–water partition coefficient (Wildman–Crippen LogP) is 4.11. The molecule has 0 N–H and O–H groups in total. The first kappa shape index (κ1) is 17.6. The van der Waals surface area contributed by atoms with Crippen LogP contribution in [-0.4, -0.2) is 23.3 Å². The Balaban J connectivity index is 1.71. The van der Waals surface area contributed by atoms with Gasteiger partial charge in [0.1, 0.15) is 11.6 Å². The molecule has 0 saturated heterocycles.